The van der Waals surface area contributed by atoms with Crippen LogP contribution >= 0.6 is 0 Å². The molecule has 0 spiro atoms. The van der Waals surface area contributed by atoms with E-state index in [0.29, 0.717) is 11.8 Å². The molecular formula is C11H12F3N3O3. The van der Waals surface area contributed by atoms with Crippen LogP contribution in [0.5, 0.6) is 0 Å². The van der Waals surface area contributed by atoms with Gasteiger partial charge in [0, 0.05) is 30.1 Å². The fourth-order valence-electron chi connectivity index (χ4n) is 1.41. The molecule has 0 saturated heterocycles. The predicted octanol–water partition coefficient (Wildman–Crippen LogP) is 1.03. The average molecular weight is 291 g/mol. The Balaban J connectivity index is 2.73. The van der Waals surface area contributed by atoms with Gasteiger partial charge in [0.25, 0.3) is 5.78 Å². The lowest BCUT2D eigenvalue weighted by Crippen LogP contribution is -2.38. The number of carboxylic acids is 1. The van der Waals surface area contributed by atoms with Crippen LogP contribution < -0.4 is 5.32 Å². The number of aromatic nitrogens is 2. The zero-order chi connectivity index (χ0) is 15.3. The zero-order valence-corrected chi connectivity index (χ0v) is 10.4. The molecule has 0 radical (unpaired) electrons. The molecule has 9 heteroatoms. The second-order valence-electron chi connectivity index (χ2n) is 4.01. The number of aliphatic carboxylic acids is 1. The molecule has 6 nitrogen and oxygen atoms in total. The molecular weight excluding hydrogens is 279 g/mol. The Morgan fingerprint density at radius 1 is 1.55 bits per heavy atom. The number of hydrogen-bond donors (Lipinski definition) is 3. The van der Waals surface area contributed by atoms with E-state index in [4.69, 9.17) is 5.11 Å². The van der Waals surface area contributed by atoms with Crippen molar-refractivity contribution >= 4 is 11.8 Å². The van der Waals surface area contributed by atoms with E-state index in [1.165, 1.54) is 19.4 Å². The second kappa shape index (κ2) is 6.22. The van der Waals surface area contributed by atoms with Crippen LogP contribution in [0.25, 0.3) is 0 Å². The van der Waals surface area contributed by atoms with Crippen molar-refractivity contribution in [3.63, 3.8) is 0 Å². The molecule has 20 heavy (non-hydrogen) atoms. The first kappa shape index (κ1) is 15.7. The third-order valence-electron chi connectivity index (χ3n) is 2.31. The summed E-state index contributed by atoms with van der Waals surface area (Å²) in [6.45, 7) is 1.19. The smallest absolute Gasteiger partial charge is 0.454 e. The monoisotopic (exact) mass is 291 g/mol. The number of carbonyl (C=O) groups excluding carboxylic acids is 1. The summed E-state index contributed by atoms with van der Waals surface area (Å²) >= 11 is 0. The predicted molar refractivity (Wildman–Crippen MR) is 61.7 cm³/mol. The maximum atomic E-state index is 12.1. The minimum absolute atomic E-state index is 0.0132. The van der Waals surface area contributed by atoms with Crippen molar-refractivity contribution in [2.24, 2.45) is 0 Å². The molecule has 1 heterocycles. The van der Waals surface area contributed by atoms with Crippen LogP contribution in [-0.4, -0.2) is 39.0 Å². The van der Waals surface area contributed by atoms with Crippen LogP contribution in [-0.2, 0) is 16.0 Å². The number of ketones is 1. The van der Waals surface area contributed by atoms with Crippen LogP contribution in [0, 0.1) is 0 Å². The Kier molecular flexibility index (Phi) is 4.89. The second-order valence-corrected chi connectivity index (χ2v) is 4.01. The third kappa shape index (κ3) is 4.75. The largest absolute Gasteiger partial charge is 0.480 e. The average Bonchev–Trinajstić information content (AvgIpc) is 2.79. The number of nitrogens with zero attached hydrogens (tertiary/aromatic N) is 1. The van der Waals surface area contributed by atoms with Crippen molar-refractivity contribution in [3.8, 4) is 0 Å². The maximum Gasteiger partial charge on any atom is 0.454 e. The fourth-order valence-corrected chi connectivity index (χ4v) is 1.41. The van der Waals surface area contributed by atoms with E-state index in [0.717, 1.165) is 0 Å². The standard InChI is InChI=1S/C11H12F3N3O3/c1-6(2-9(18)11(12,13)14)17-8(10(19)20)3-7-4-15-5-16-7/h2,4-5,8,17H,3H2,1H3,(H,15,16)(H,19,20)/b6-2-/t8-/m0/s1. The first-order valence-corrected chi connectivity index (χ1v) is 5.46. The van der Waals surface area contributed by atoms with Gasteiger partial charge in [-0.2, -0.15) is 13.2 Å². The quantitative estimate of drug-likeness (QED) is 0.680. The van der Waals surface area contributed by atoms with E-state index < -0.39 is 24.0 Å². The molecule has 0 bridgehead atoms. The first-order chi connectivity index (χ1) is 9.20. The summed E-state index contributed by atoms with van der Waals surface area (Å²) in [7, 11) is 0. The number of halogens is 3. The molecule has 0 aliphatic carbocycles. The topological polar surface area (TPSA) is 95.1 Å². The van der Waals surface area contributed by atoms with E-state index in [1.54, 1.807) is 0 Å². The summed E-state index contributed by atoms with van der Waals surface area (Å²) in [4.78, 5) is 28.1. The highest BCUT2D eigenvalue weighted by Gasteiger charge is 2.36. The summed E-state index contributed by atoms with van der Waals surface area (Å²) in [6.07, 6.45) is -1.92. The van der Waals surface area contributed by atoms with E-state index in [1.807, 2.05) is 0 Å². The van der Waals surface area contributed by atoms with E-state index >= 15 is 0 Å². The number of rotatable bonds is 6. The number of alkyl halides is 3. The summed E-state index contributed by atoms with van der Waals surface area (Å²) < 4.78 is 36.2. The fraction of sp³-hybridized carbons (Fsp3) is 0.364. The van der Waals surface area contributed by atoms with Crippen molar-refractivity contribution in [1.82, 2.24) is 15.3 Å². The van der Waals surface area contributed by atoms with Gasteiger partial charge in [0.1, 0.15) is 6.04 Å². The highest BCUT2D eigenvalue weighted by atomic mass is 19.4. The molecule has 0 unspecified atom stereocenters. The van der Waals surface area contributed by atoms with E-state index in [2.05, 4.69) is 15.3 Å². The van der Waals surface area contributed by atoms with Gasteiger partial charge in [-0.1, -0.05) is 0 Å². The molecule has 1 aromatic rings. The molecule has 0 aliphatic rings. The molecule has 3 N–H and O–H groups in total. The third-order valence-corrected chi connectivity index (χ3v) is 2.31. The normalized spacial score (nSPS) is 13.9. The maximum absolute atomic E-state index is 12.1. The number of allylic oxidation sites excluding steroid dienone is 2. The van der Waals surface area contributed by atoms with Crippen LogP contribution in [0.2, 0.25) is 0 Å². The SMILES string of the molecule is C/C(=C/C(=O)C(F)(F)F)N[C@@H](Cc1cnc[nH]1)C(=O)O. The number of imidazole rings is 1. The molecule has 0 aromatic carbocycles. The molecule has 1 rings (SSSR count). The summed E-state index contributed by atoms with van der Waals surface area (Å²) in [5.74, 6) is -3.31. The highest BCUT2D eigenvalue weighted by molar-refractivity contribution is 5.94. The molecule has 1 atom stereocenters. The van der Waals surface area contributed by atoms with Gasteiger partial charge in [0.2, 0.25) is 0 Å². The van der Waals surface area contributed by atoms with Gasteiger partial charge in [-0.15, -0.1) is 0 Å². The van der Waals surface area contributed by atoms with E-state index in [-0.39, 0.29) is 12.1 Å². The van der Waals surface area contributed by atoms with Gasteiger partial charge in [-0.05, 0) is 6.92 Å². The number of aromatic amines is 1. The Hall–Kier alpha value is -2.32. The van der Waals surface area contributed by atoms with E-state index in [9.17, 15) is 22.8 Å². The van der Waals surface area contributed by atoms with Gasteiger partial charge in [-0.25, -0.2) is 9.78 Å². The molecule has 0 amide bonds. The number of hydrogen-bond acceptors (Lipinski definition) is 4. The number of carboxylic acid groups (broad SMARTS) is 1. The van der Waals surface area contributed by atoms with Crippen molar-refractivity contribution in [2.45, 2.75) is 25.6 Å². The van der Waals surface area contributed by atoms with Crippen molar-refractivity contribution in [3.05, 3.63) is 30.0 Å². The van der Waals surface area contributed by atoms with Crippen LogP contribution in [0.4, 0.5) is 13.2 Å². The summed E-state index contributed by atoms with van der Waals surface area (Å²) in [5.41, 5.74) is 0.319. The van der Waals surface area contributed by atoms with Crippen molar-refractivity contribution in [2.75, 3.05) is 0 Å². The van der Waals surface area contributed by atoms with Gasteiger partial charge < -0.3 is 15.4 Å². The van der Waals surface area contributed by atoms with Crippen LogP contribution in [0.3, 0.4) is 0 Å². The Morgan fingerprint density at radius 3 is 2.65 bits per heavy atom. The molecule has 110 valence electrons. The van der Waals surface area contributed by atoms with Crippen molar-refractivity contribution in [1.29, 1.82) is 0 Å². The summed E-state index contributed by atoms with van der Waals surface area (Å²) in [5, 5.41) is 11.3. The number of carbonyl (C=O) groups is 2. The van der Waals surface area contributed by atoms with Gasteiger partial charge >= 0.3 is 12.1 Å². The minimum Gasteiger partial charge on any atom is -0.480 e. The Morgan fingerprint density at radius 2 is 2.20 bits per heavy atom. The van der Waals surface area contributed by atoms with Gasteiger partial charge in [0.05, 0.1) is 6.33 Å². The lowest BCUT2D eigenvalue weighted by Gasteiger charge is -2.15. The Labute approximate surface area is 111 Å². The number of H-pyrrole nitrogens is 1. The minimum atomic E-state index is -4.98. The van der Waals surface area contributed by atoms with Crippen molar-refractivity contribution < 1.29 is 27.9 Å². The Bertz CT molecular complexity index is 509. The first-order valence-electron chi connectivity index (χ1n) is 5.46. The highest BCUT2D eigenvalue weighted by Crippen LogP contribution is 2.17. The molecule has 0 aliphatic heterocycles. The van der Waals surface area contributed by atoms with Crippen LogP contribution in [0.1, 0.15) is 12.6 Å². The molecule has 0 saturated carbocycles. The zero-order valence-electron chi connectivity index (χ0n) is 10.4. The van der Waals surface area contributed by atoms with Gasteiger partial charge in [-0.3, -0.25) is 4.79 Å². The molecule has 1 aromatic heterocycles. The number of nitrogens with one attached hydrogen (secondary N) is 2. The summed E-state index contributed by atoms with van der Waals surface area (Å²) in [6, 6.07) is -1.17. The molecule has 0 fully saturated rings. The lowest BCUT2D eigenvalue weighted by molar-refractivity contribution is -0.165. The lowest BCUT2D eigenvalue weighted by atomic mass is 10.1. The van der Waals surface area contributed by atoms with Gasteiger partial charge in [0.15, 0.2) is 0 Å². The van der Waals surface area contributed by atoms with Crippen LogP contribution in [0.15, 0.2) is 24.3 Å².